The van der Waals surface area contributed by atoms with Crippen LogP contribution in [0.25, 0.3) is 0 Å². The van der Waals surface area contributed by atoms with Gasteiger partial charge in [-0.05, 0) is 38.0 Å². The van der Waals surface area contributed by atoms with E-state index in [1.54, 1.807) is 13.8 Å². The van der Waals surface area contributed by atoms with Crippen LogP contribution in [0.5, 0.6) is 0 Å². The summed E-state index contributed by atoms with van der Waals surface area (Å²) < 4.78 is 26.5. The largest absolute Gasteiger partial charge is 0.465 e. The van der Waals surface area contributed by atoms with E-state index in [0.29, 0.717) is 12.6 Å². The fourth-order valence-electron chi connectivity index (χ4n) is 2.28. The Balaban J connectivity index is 2.73. The van der Waals surface area contributed by atoms with E-state index in [1.165, 1.54) is 0 Å². The summed E-state index contributed by atoms with van der Waals surface area (Å²) in [5.41, 5.74) is 0.201. The Morgan fingerprint density at radius 2 is 1.80 bits per heavy atom. The molecule has 0 saturated carbocycles. The molecule has 1 aromatic carbocycles. The maximum absolute atomic E-state index is 13.3. The zero-order valence-electron chi connectivity index (χ0n) is 14.1. The van der Waals surface area contributed by atoms with Gasteiger partial charge in [-0.15, -0.1) is 0 Å². The lowest BCUT2D eigenvalue weighted by atomic mass is 10.0. The highest BCUT2D eigenvalue weighted by atomic mass is 19.1. The van der Waals surface area contributed by atoms with Gasteiger partial charge >= 0.3 is 6.09 Å². The average molecular weight is 359 g/mol. The van der Waals surface area contributed by atoms with Gasteiger partial charge in [-0.25, -0.2) is 13.6 Å². The number of hydrogen-bond donors (Lipinski definition) is 5. The standard InChI is InChI=1S/C16H23F2N3O4/c1-3-19-15(23)9(2)20-8-14(22)13(21-16(24)25)6-10-4-11(17)7-12(18)5-10/h4-5,7,9,13-14,20-22H,3,6,8H2,1-2H3,(H,19,23)(H,24,25)/t9-,13-,14+/m0/s1. The van der Waals surface area contributed by atoms with Gasteiger partial charge in [0.05, 0.1) is 18.2 Å². The number of rotatable bonds is 9. The van der Waals surface area contributed by atoms with Crippen LogP contribution in [0.3, 0.4) is 0 Å². The monoisotopic (exact) mass is 359 g/mol. The van der Waals surface area contributed by atoms with Crippen molar-refractivity contribution in [3.8, 4) is 0 Å². The first kappa shape index (κ1) is 20.8. The van der Waals surface area contributed by atoms with Crippen molar-refractivity contribution in [2.24, 2.45) is 0 Å². The molecule has 3 atom stereocenters. The summed E-state index contributed by atoms with van der Waals surface area (Å²) in [7, 11) is 0. The zero-order chi connectivity index (χ0) is 19.0. The van der Waals surface area contributed by atoms with Crippen LogP contribution < -0.4 is 16.0 Å². The molecule has 0 spiro atoms. The number of nitrogens with one attached hydrogen (secondary N) is 3. The number of carboxylic acid groups (broad SMARTS) is 1. The molecule has 7 nitrogen and oxygen atoms in total. The van der Waals surface area contributed by atoms with E-state index in [1.807, 2.05) is 0 Å². The van der Waals surface area contributed by atoms with Crippen LogP contribution in [-0.4, -0.2) is 53.5 Å². The minimum Gasteiger partial charge on any atom is -0.465 e. The molecule has 0 aliphatic heterocycles. The van der Waals surface area contributed by atoms with Crippen molar-refractivity contribution in [2.45, 2.75) is 38.5 Å². The zero-order valence-corrected chi connectivity index (χ0v) is 14.1. The fourth-order valence-corrected chi connectivity index (χ4v) is 2.28. The van der Waals surface area contributed by atoms with Crippen molar-refractivity contribution in [3.05, 3.63) is 35.4 Å². The predicted octanol–water partition coefficient (Wildman–Crippen LogP) is 0.619. The molecule has 5 N–H and O–H groups in total. The molecule has 0 aliphatic rings. The Morgan fingerprint density at radius 1 is 1.20 bits per heavy atom. The summed E-state index contributed by atoms with van der Waals surface area (Å²) in [6.07, 6.45) is -2.70. The van der Waals surface area contributed by atoms with Crippen LogP contribution in [0.2, 0.25) is 0 Å². The number of likely N-dealkylation sites (N-methyl/N-ethyl adjacent to an activating group) is 1. The summed E-state index contributed by atoms with van der Waals surface area (Å²) in [4.78, 5) is 22.5. The van der Waals surface area contributed by atoms with Gasteiger partial charge in [0.1, 0.15) is 11.6 Å². The number of aliphatic hydroxyl groups excluding tert-OH is 1. The van der Waals surface area contributed by atoms with Crippen molar-refractivity contribution in [3.63, 3.8) is 0 Å². The van der Waals surface area contributed by atoms with E-state index in [9.17, 15) is 23.5 Å². The molecule has 0 aliphatic carbocycles. The molecule has 9 heteroatoms. The third-order valence-electron chi connectivity index (χ3n) is 3.53. The number of aliphatic hydroxyl groups is 1. The maximum Gasteiger partial charge on any atom is 0.404 e. The average Bonchev–Trinajstić information content (AvgIpc) is 2.50. The number of amides is 2. The molecular formula is C16H23F2N3O4. The molecule has 140 valence electrons. The van der Waals surface area contributed by atoms with Crippen LogP contribution in [0.1, 0.15) is 19.4 Å². The van der Waals surface area contributed by atoms with Crippen molar-refractivity contribution in [1.82, 2.24) is 16.0 Å². The Labute approximate surface area is 144 Å². The predicted molar refractivity (Wildman–Crippen MR) is 87.2 cm³/mol. The molecule has 0 unspecified atom stereocenters. The van der Waals surface area contributed by atoms with Gasteiger partial charge in [0, 0.05) is 19.2 Å². The molecule has 25 heavy (non-hydrogen) atoms. The normalized spacial score (nSPS) is 14.4. The SMILES string of the molecule is CCNC(=O)[C@H](C)NC[C@@H](O)[C@H](Cc1cc(F)cc(F)c1)NC(=O)O. The molecule has 0 aromatic heterocycles. The van der Waals surface area contributed by atoms with Gasteiger partial charge in [0.25, 0.3) is 0 Å². The number of benzene rings is 1. The second-order valence-corrected chi connectivity index (χ2v) is 5.63. The third kappa shape index (κ3) is 7.44. The maximum atomic E-state index is 13.3. The quantitative estimate of drug-likeness (QED) is 0.444. The molecule has 0 heterocycles. The smallest absolute Gasteiger partial charge is 0.404 e. The van der Waals surface area contributed by atoms with E-state index in [-0.39, 0.29) is 24.4 Å². The molecule has 0 radical (unpaired) electrons. The lowest BCUT2D eigenvalue weighted by Gasteiger charge is -2.24. The topological polar surface area (TPSA) is 111 Å². The summed E-state index contributed by atoms with van der Waals surface area (Å²) in [5.74, 6) is -1.84. The molecule has 2 amide bonds. The van der Waals surface area contributed by atoms with Gasteiger partial charge in [0.15, 0.2) is 0 Å². The number of carbonyl (C=O) groups is 2. The summed E-state index contributed by atoms with van der Waals surface area (Å²) in [6, 6.07) is 1.24. The van der Waals surface area contributed by atoms with Gasteiger partial charge in [-0.3, -0.25) is 4.79 Å². The van der Waals surface area contributed by atoms with Crippen LogP contribution >= 0.6 is 0 Å². The van der Waals surface area contributed by atoms with E-state index >= 15 is 0 Å². The van der Waals surface area contributed by atoms with Crippen LogP contribution in [0.15, 0.2) is 18.2 Å². The Kier molecular flexibility index (Phi) is 8.23. The Hall–Kier alpha value is -2.26. The van der Waals surface area contributed by atoms with Crippen molar-refractivity contribution >= 4 is 12.0 Å². The highest BCUT2D eigenvalue weighted by molar-refractivity contribution is 5.81. The second kappa shape index (κ2) is 9.90. The first-order valence-corrected chi connectivity index (χ1v) is 7.86. The van der Waals surface area contributed by atoms with Crippen molar-refractivity contribution in [1.29, 1.82) is 0 Å². The number of carbonyl (C=O) groups excluding carboxylic acids is 1. The molecule has 1 aromatic rings. The number of hydrogen-bond acceptors (Lipinski definition) is 4. The molecule has 1 rings (SSSR count). The first-order chi connectivity index (χ1) is 11.7. The van der Waals surface area contributed by atoms with E-state index in [4.69, 9.17) is 5.11 Å². The summed E-state index contributed by atoms with van der Waals surface area (Å²) >= 11 is 0. The van der Waals surface area contributed by atoms with E-state index in [0.717, 1.165) is 12.1 Å². The van der Waals surface area contributed by atoms with Crippen molar-refractivity contribution in [2.75, 3.05) is 13.1 Å². The van der Waals surface area contributed by atoms with Gasteiger partial charge in [-0.2, -0.15) is 0 Å². The first-order valence-electron chi connectivity index (χ1n) is 7.86. The van der Waals surface area contributed by atoms with Crippen LogP contribution in [0.4, 0.5) is 13.6 Å². The van der Waals surface area contributed by atoms with Crippen molar-refractivity contribution < 1.29 is 28.6 Å². The van der Waals surface area contributed by atoms with Gasteiger partial charge < -0.3 is 26.2 Å². The molecule has 0 bridgehead atoms. The number of halogens is 2. The minimum absolute atomic E-state index is 0.0823. The molecular weight excluding hydrogens is 336 g/mol. The fraction of sp³-hybridized carbons (Fsp3) is 0.500. The highest BCUT2D eigenvalue weighted by Crippen LogP contribution is 2.12. The van der Waals surface area contributed by atoms with Crippen LogP contribution in [-0.2, 0) is 11.2 Å². The minimum atomic E-state index is -1.38. The summed E-state index contributed by atoms with van der Waals surface area (Å²) in [5, 5.41) is 26.6. The Morgan fingerprint density at radius 3 is 2.32 bits per heavy atom. The molecule has 0 fully saturated rings. The second-order valence-electron chi connectivity index (χ2n) is 5.63. The lowest BCUT2D eigenvalue weighted by molar-refractivity contribution is -0.122. The Bertz CT molecular complexity index is 580. The lowest BCUT2D eigenvalue weighted by Crippen LogP contribution is -2.51. The summed E-state index contributed by atoms with van der Waals surface area (Å²) in [6.45, 7) is 3.74. The van der Waals surface area contributed by atoms with E-state index in [2.05, 4.69) is 16.0 Å². The highest BCUT2D eigenvalue weighted by Gasteiger charge is 2.23. The third-order valence-corrected chi connectivity index (χ3v) is 3.53. The van der Waals surface area contributed by atoms with Gasteiger partial charge in [-0.1, -0.05) is 0 Å². The van der Waals surface area contributed by atoms with Gasteiger partial charge in [0.2, 0.25) is 5.91 Å². The molecule has 0 saturated heterocycles. The van der Waals surface area contributed by atoms with Crippen LogP contribution in [0, 0.1) is 11.6 Å². The van der Waals surface area contributed by atoms with E-state index < -0.39 is 35.9 Å².